The Balaban J connectivity index is 1.06. The summed E-state index contributed by atoms with van der Waals surface area (Å²) in [5.74, 6) is 1.90. The summed E-state index contributed by atoms with van der Waals surface area (Å²) in [7, 11) is 0. The summed E-state index contributed by atoms with van der Waals surface area (Å²) in [6.45, 7) is 0. The summed E-state index contributed by atoms with van der Waals surface area (Å²) in [4.78, 5) is 15.1. The summed E-state index contributed by atoms with van der Waals surface area (Å²) in [6.07, 6.45) is 0. The van der Waals surface area contributed by atoms with Gasteiger partial charge in [0.05, 0.1) is 11.0 Å². The molecule has 0 spiro atoms. The van der Waals surface area contributed by atoms with Gasteiger partial charge in [0.15, 0.2) is 17.5 Å². The van der Waals surface area contributed by atoms with Crippen LogP contribution in [0.1, 0.15) is 0 Å². The van der Waals surface area contributed by atoms with E-state index in [2.05, 4.69) is 120 Å². The van der Waals surface area contributed by atoms with Gasteiger partial charge in [0, 0.05) is 49.5 Å². The van der Waals surface area contributed by atoms with Crippen molar-refractivity contribution in [3.05, 3.63) is 194 Å². The number of aromatic nitrogens is 4. The van der Waals surface area contributed by atoms with Crippen LogP contribution in [0.3, 0.4) is 0 Å². The molecule has 56 heavy (non-hydrogen) atoms. The summed E-state index contributed by atoms with van der Waals surface area (Å²) in [5.41, 5.74) is 12.3. The molecule has 5 heteroatoms. The standard InChI is InChI=1S/C51H32N4O/c1-3-15-33(16-4-1)49-52-50(34-17-5-2-6-18-34)54-51(53-49)43-24-8-7-21-38(43)35-19-13-20-37(31-35)55-45-27-11-9-22-40(45)44-32-36(29-30-46(44)55)39-25-14-26-42-41-23-10-12-28-47(41)56-48(39)42/h1-32H. The lowest BCUT2D eigenvalue weighted by Crippen LogP contribution is -2.01. The van der Waals surface area contributed by atoms with Gasteiger partial charge < -0.3 is 8.98 Å². The predicted molar refractivity (Wildman–Crippen MR) is 229 cm³/mol. The number of nitrogens with zero attached hydrogens (tertiary/aromatic N) is 4. The lowest BCUT2D eigenvalue weighted by molar-refractivity contribution is 0.670. The molecule has 0 unspecified atom stereocenters. The molecule has 0 fully saturated rings. The number of rotatable bonds is 6. The minimum absolute atomic E-state index is 0.627. The SMILES string of the molecule is c1ccc(-c2nc(-c3ccccc3)nc(-c3ccccc3-c3cccc(-n4c5ccccc5c5cc(-c6cccc7c6oc6ccccc67)ccc54)c3)n2)cc1. The van der Waals surface area contributed by atoms with E-state index in [0.29, 0.717) is 17.5 Å². The van der Waals surface area contributed by atoms with Crippen LogP contribution in [0.4, 0.5) is 0 Å². The molecule has 3 heterocycles. The average molecular weight is 717 g/mol. The maximum atomic E-state index is 6.45. The Morgan fingerprint density at radius 1 is 0.339 bits per heavy atom. The molecule has 0 atom stereocenters. The van der Waals surface area contributed by atoms with Crippen molar-refractivity contribution in [3.63, 3.8) is 0 Å². The molecule has 262 valence electrons. The van der Waals surface area contributed by atoms with E-state index >= 15 is 0 Å². The summed E-state index contributed by atoms with van der Waals surface area (Å²) >= 11 is 0. The second-order valence-electron chi connectivity index (χ2n) is 14.0. The highest BCUT2D eigenvalue weighted by atomic mass is 16.3. The third kappa shape index (κ3) is 5.29. The summed E-state index contributed by atoms with van der Waals surface area (Å²) in [6, 6.07) is 67.4. The van der Waals surface area contributed by atoms with Crippen LogP contribution in [0.25, 0.3) is 106 Å². The lowest BCUT2D eigenvalue weighted by atomic mass is 9.98. The molecule has 0 saturated heterocycles. The number of hydrogen-bond donors (Lipinski definition) is 0. The second-order valence-corrected chi connectivity index (χ2v) is 14.0. The van der Waals surface area contributed by atoms with Crippen molar-refractivity contribution in [2.24, 2.45) is 0 Å². The first kappa shape index (κ1) is 31.9. The highest BCUT2D eigenvalue weighted by Crippen LogP contribution is 2.40. The molecule has 0 N–H and O–H groups in total. The molecule has 0 amide bonds. The van der Waals surface area contributed by atoms with Crippen LogP contribution in [0.15, 0.2) is 199 Å². The number of fused-ring (bicyclic) bond motifs is 6. The van der Waals surface area contributed by atoms with Crippen molar-refractivity contribution in [1.29, 1.82) is 0 Å². The van der Waals surface area contributed by atoms with E-state index in [9.17, 15) is 0 Å². The molecule has 11 aromatic rings. The van der Waals surface area contributed by atoms with Crippen LogP contribution in [0.5, 0.6) is 0 Å². The molecule has 0 aliphatic rings. The fourth-order valence-electron chi connectivity index (χ4n) is 8.06. The number of benzene rings is 8. The summed E-state index contributed by atoms with van der Waals surface area (Å²) in [5, 5.41) is 4.64. The largest absolute Gasteiger partial charge is 0.455 e. The molecule has 8 aromatic carbocycles. The second kappa shape index (κ2) is 13.0. The molecule has 0 aliphatic carbocycles. The fraction of sp³-hybridized carbons (Fsp3) is 0. The van der Waals surface area contributed by atoms with E-state index in [1.54, 1.807) is 0 Å². The van der Waals surface area contributed by atoms with Crippen molar-refractivity contribution < 1.29 is 4.42 Å². The van der Waals surface area contributed by atoms with Gasteiger partial charge >= 0.3 is 0 Å². The zero-order chi connectivity index (χ0) is 37.0. The minimum Gasteiger partial charge on any atom is -0.455 e. The Morgan fingerprint density at radius 3 is 1.68 bits per heavy atom. The third-order valence-corrected chi connectivity index (χ3v) is 10.7. The normalized spacial score (nSPS) is 11.6. The van der Waals surface area contributed by atoms with Crippen LogP contribution < -0.4 is 0 Å². The Morgan fingerprint density at radius 2 is 0.893 bits per heavy atom. The zero-order valence-electron chi connectivity index (χ0n) is 30.2. The van der Waals surface area contributed by atoms with Crippen molar-refractivity contribution >= 4 is 43.7 Å². The number of hydrogen-bond acceptors (Lipinski definition) is 4. The summed E-state index contributed by atoms with van der Waals surface area (Å²) < 4.78 is 8.82. The van der Waals surface area contributed by atoms with Crippen LogP contribution >= 0.6 is 0 Å². The van der Waals surface area contributed by atoms with Gasteiger partial charge in [-0.3, -0.25) is 0 Å². The molecule has 0 aliphatic heterocycles. The Hall–Kier alpha value is -7.63. The Labute approximate surface area is 322 Å². The first-order valence-corrected chi connectivity index (χ1v) is 18.8. The van der Waals surface area contributed by atoms with E-state index in [4.69, 9.17) is 19.4 Å². The monoisotopic (exact) mass is 716 g/mol. The van der Waals surface area contributed by atoms with Gasteiger partial charge in [-0.25, -0.2) is 15.0 Å². The Kier molecular flexibility index (Phi) is 7.42. The van der Waals surface area contributed by atoms with E-state index in [1.807, 2.05) is 78.9 Å². The molecule has 11 rings (SSSR count). The topological polar surface area (TPSA) is 56.7 Å². The lowest BCUT2D eigenvalue weighted by Gasteiger charge is -2.14. The van der Waals surface area contributed by atoms with Crippen molar-refractivity contribution in [1.82, 2.24) is 19.5 Å². The van der Waals surface area contributed by atoms with Gasteiger partial charge in [0.25, 0.3) is 0 Å². The minimum atomic E-state index is 0.627. The van der Waals surface area contributed by atoms with Crippen molar-refractivity contribution in [2.45, 2.75) is 0 Å². The molecule has 0 bridgehead atoms. The maximum Gasteiger partial charge on any atom is 0.164 e. The van der Waals surface area contributed by atoms with Crippen molar-refractivity contribution in [2.75, 3.05) is 0 Å². The maximum absolute atomic E-state index is 6.45. The highest BCUT2D eigenvalue weighted by Gasteiger charge is 2.19. The van der Waals surface area contributed by atoms with E-state index < -0.39 is 0 Å². The molecule has 0 radical (unpaired) electrons. The van der Waals surface area contributed by atoms with E-state index in [0.717, 1.165) is 77.6 Å². The molecule has 0 saturated carbocycles. The van der Waals surface area contributed by atoms with Crippen LogP contribution in [0.2, 0.25) is 0 Å². The van der Waals surface area contributed by atoms with Gasteiger partial charge in [0.2, 0.25) is 0 Å². The fourth-order valence-corrected chi connectivity index (χ4v) is 8.06. The van der Waals surface area contributed by atoms with E-state index in [1.165, 1.54) is 10.8 Å². The van der Waals surface area contributed by atoms with Gasteiger partial charge in [-0.05, 0) is 53.1 Å². The van der Waals surface area contributed by atoms with Gasteiger partial charge in [0.1, 0.15) is 11.2 Å². The van der Waals surface area contributed by atoms with E-state index in [-0.39, 0.29) is 0 Å². The van der Waals surface area contributed by atoms with Gasteiger partial charge in [-0.1, -0.05) is 158 Å². The third-order valence-electron chi connectivity index (χ3n) is 10.7. The molecule has 5 nitrogen and oxygen atoms in total. The first-order chi connectivity index (χ1) is 27.8. The van der Waals surface area contributed by atoms with Crippen LogP contribution in [0, 0.1) is 0 Å². The van der Waals surface area contributed by atoms with Gasteiger partial charge in [-0.2, -0.15) is 0 Å². The number of para-hydroxylation sites is 3. The van der Waals surface area contributed by atoms with Gasteiger partial charge in [-0.15, -0.1) is 0 Å². The number of furan rings is 1. The Bertz CT molecular complexity index is 3200. The van der Waals surface area contributed by atoms with Crippen LogP contribution in [-0.4, -0.2) is 19.5 Å². The highest BCUT2D eigenvalue weighted by molar-refractivity contribution is 6.13. The molecular formula is C51H32N4O. The quantitative estimate of drug-likeness (QED) is 0.172. The predicted octanol–water partition coefficient (Wildman–Crippen LogP) is 13.2. The first-order valence-electron chi connectivity index (χ1n) is 18.8. The molecular weight excluding hydrogens is 685 g/mol. The van der Waals surface area contributed by atoms with Crippen LogP contribution in [-0.2, 0) is 0 Å². The molecule has 3 aromatic heterocycles. The average Bonchev–Trinajstić information content (AvgIpc) is 3.83. The zero-order valence-corrected chi connectivity index (χ0v) is 30.2. The van der Waals surface area contributed by atoms with Crippen molar-refractivity contribution in [3.8, 4) is 62.1 Å². The smallest absolute Gasteiger partial charge is 0.164 e.